The van der Waals surface area contributed by atoms with E-state index >= 15 is 0 Å². The van der Waals surface area contributed by atoms with E-state index in [1.54, 1.807) is 0 Å². The summed E-state index contributed by atoms with van der Waals surface area (Å²) in [5.74, 6) is 0. The fraction of sp³-hybridized carbons (Fsp3) is 0.385. The predicted molar refractivity (Wildman–Crippen MR) is 68.3 cm³/mol. The van der Waals surface area contributed by atoms with Crippen LogP contribution in [0.5, 0.6) is 0 Å². The van der Waals surface area contributed by atoms with Crippen LogP contribution in [0, 0.1) is 0 Å². The Labute approximate surface area is 92.6 Å². The van der Waals surface area contributed by atoms with Crippen molar-refractivity contribution >= 4 is 11.8 Å². The lowest BCUT2D eigenvalue weighted by atomic mass is 10.1. The molecular weight excluding hydrogens is 184 g/mol. The second-order valence-electron chi connectivity index (χ2n) is 3.78. The Morgan fingerprint density at radius 1 is 1.33 bits per heavy atom. The molecule has 1 N–H and O–H groups in total. The van der Waals surface area contributed by atoms with E-state index in [1.807, 2.05) is 7.05 Å². The highest BCUT2D eigenvalue weighted by Gasteiger charge is 1.94. The number of anilines is 1. The molecule has 15 heavy (non-hydrogen) atoms. The van der Waals surface area contributed by atoms with Crippen LogP contribution < -0.4 is 10.2 Å². The van der Waals surface area contributed by atoms with E-state index in [0.29, 0.717) is 0 Å². The summed E-state index contributed by atoms with van der Waals surface area (Å²) in [4.78, 5) is 2.12. The molecular formula is C13H20N2. The summed E-state index contributed by atoms with van der Waals surface area (Å²) in [5.41, 5.74) is 2.50. The largest absolute Gasteiger partial charge is 0.378 e. The molecule has 0 saturated heterocycles. The topological polar surface area (TPSA) is 15.3 Å². The third-order valence-electron chi connectivity index (χ3n) is 2.26. The molecule has 0 heterocycles. The van der Waals surface area contributed by atoms with Gasteiger partial charge in [-0.05, 0) is 37.7 Å². The molecule has 0 amide bonds. The molecule has 0 unspecified atom stereocenters. The Bertz CT molecular complexity index is 316. The third kappa shape index (κ3) is 4.17. The standard InChI is InChI=1S/C13H20N2/c1-14-10-5-4-7-12-8-6-9-13(11-12)15(2)3/h4,6-9,11,14H,5,10H2,1-3H3. The quantitative estimate of drug-likeness (QED) is 0.741. The van der Waals surface area contributed by atoms with Gasteiger partial charge in [-0.15, -0.1) is 0 Å². The monoisotopic (exact) mass is 204 g/mol. The Hall–Kier alpha value is -1.28. The molecule has 0 bridgehead atoms. The molecule has 2 heteroatoms. The van der Waals surface area contributed by atoms with Gasteiger partial charge < -0.3 is 10.2 Å². The molecule has 0 spiro atoms. The molecule has 1 rings (SSSR count). The van der Waals surface area contributed by atoms with Crippen LogP contribution in [0.3, 0.4) is 0 Å². The van der Waals surface area contributed by atoms with Crippen LogP contribution in [0.4, 0.5) is 5.69 Å². The second-order valence-corrected chi connectivity index (χ2v) is 3.78. The lowest BCUT2D eigenvalue weighted by molar-refractivity contribution is 0.809. The Kier molecular flexibility index (Phi) is 4.91. The maximum atomic E-state index is 3.12. The highest BCUT2D eigenvalue weighted by Crippen LogP contribution is 2.14. The smallest absolute Gasteiger partial charge is 0.0367 e. The number of hydrogen-bond acceptors (Lipinski definition) is 2. The number of hydrogen-bond donors (Lipinski definition) is 1. The number of benzene rings is 1. The highest BCUT2D eigenvalue weighted by molar-refractivity contribution is 5.57. The fourth-order valence-electron chi connectivity index (χ4n) is 1.35. The van der Waals surface area contributed by atoms with Gasteiger partial charge in [0.1, 0.15) is 0 Å². The molecule has 0 atom stereocenters. The van der Waals surface area contributed by atoms with Crippen LogP contribution in [0.2, 0.25) is 0 Å². The first-order valence-electron chi connectivity index (χ1n) is 5.32. The number of nitrogens with one attached hydrogen (secondary N) is 1. The van der Waals surface area contributed by atoms with Crippen molar-refractivity contribution in [1.29, 1.82) is 0 Å². The van der Waals surface area contributed by atoms with E-state index in [4.69, 9.17) is 0 Å². The molecule has 2 nitrogen and oxygen atoms in total. The van der Waals surface area contributed by atoms with Gasteiger partial charge >= 0.3 is 0 Å². The Morgan fingerprint density at radius 3 is 2.80 bits per heavy atom. The lowest BCUT2D eigenvalue weighted by Gasteiger charge is -2.12. The minimum Gasteiger partial charge on any atom is -0.378 e. The molecule has 1 aromatic carbocycles. The van der Waals surface area contributed by atoms with Gasteiger partial charge in [-0.1, -0.05) is 24.3 Å². The zero-order chi connectivity index (χ0) is 11.1. The summed E-state index contributed by atoms with van der Waals surface area (Å²) in [5, 5.41) is 3.12. The van der Waals surface area contributed by atoms with Crippen LogP contribution in [-0.2, 0) is 0 Å². The summed E-state index contributed by atoms with van der Waals surface area (Å²) < 4.78 is 0. The van der Waals surface area contributed by atoms with Crippen molar-refractivity contribution in [2.24, 2.45) is 0 Å². The predicted octanol–water partition coefficient (Wildman–Crippen LogP) is 2.38. The van der Waals surface area contributed by atoms with Crippen molar-refractivity contribution in [3.8, 4) is 0 Å². The average Bonchev–Trinajstić information content (AvgIpc) is 2.25. The minimum absolute atomic E-state index is 1.03. The van der Waals surface area contributed by atoms with Crippen molar-refractivity contribution in [2.75, 3.05) is 32.6 Å². The van der Waals surface area contributed by atoms with Crippen LogP contribution in [0.1, 0.15) is 12.0 Å². The zero-order valence-electron chi connectivity index (χ0n) is 9.83. The molecule has 0 aliphatic heterocycles. The van der Waals surface area contributed by atoms with Gasteiger partial charge in [0.2, 0.25) is 0 Å². The van der Waals surface area contributed by atoms with Crippen LogP contribution in [0.15, 0.2) is 30.3 Å². The molecule has 0 aliphatic rings. The van der Waals surface area contributed by atoms with Gasteiger partial charge in [-0.3, -0.25) is 0 Å². The summed E-state index contributed by atoms with van der Waals surface area (Å²) in [6.07, 6.45) is 5.44. The molecule has 82 valence electrons. The second kappa shape index (κ2) is 6.25. The first-order valence-corrected chi connectivity index (χ1v) is 5.32. The van der Waals surface area contributed by atoms with Gasteiger partial charge in [-0.2, -0.15) is 0 Å². The van der Waals surface area contributed by atoms with Crippen molar-refractivity contribution in [3.63, 3.8) is 0 Å². The first kappa shape index (κ1) is 11.8. The molecule has 0 aliphatic carbocycles. The molecule has 1 aromatic rings. The van der Waals surface area contributed by atoms with Crippen molar-refractivity contribution in [1.82, 2.24) is 5.32 Å². The first-order chi connectivity index (χ1) is 7.24. The molecule has 0 aromatic heterocycles. The van der Waals surface area contributed by atoms with Crippen LogP contribution in [0.25, 0.3) is 6.08 Å². The van der Waals surface area contributed by atoms with E-state index in [2.05, 4.69) is 60.7 Å². The zero-order valence-corrected chi connectivity index (χ0v) is 9.83. The van der Waals surface area contributed by atoms with Gasteiger partial charge in [-0.25, -0.2) is 0 Å². The van der Waals surface area contributed by atoms with Crippen molar-refractivity contribution < 1.29 is 0 Å². The SMILES string of the molecule is CNCCC=Cc1cccc(N(C)C)c1. The van der Waals surface area contributed by atoms with E-state index in [-0.39, 0.29) is 0 Å². The highest BCUT2D eigenvalue weighted by atomic mass is 15.1. The van der Waals surface area contributed by atoms with Crippen LogP contribution in [-0.4, -0.2) is 27.7 Å². The van der Waals surface area contributed by atoms with E-state index in [1.165, 1.54) is 11.3 Å². The number of rotatable bonds is 5. The van der Waals surface area contributed by atoms with E-state index in [9.17, 15) is 0 Å². The molecule has 0 fully saturated rings. The Morgan fingerprint density at radius 2 is 2.13 bits per heavy atom. The van der Waals surface area contributed by atoms with Gasteiger partial charge in [0.05, 0.1) is 0 Å². The maximum absolute atomic E-state index is 3.12. The average molecular weight is 204 g/mol. The van der Waals surface area contributed by atoms with E-state index in [0.717, 1.165) is 13.0 Å². The normalized spacial score (nSPS) is 10.9. The summed E-state index contributed by atoms with van der Waals surface area (Å²) in [6, 6.07) is 8.52. The van der Waals surface area contributed by atoms with Gasteiger partial charge in [0.15, 0.2) is 0 Å². The third-order valence-corrected chi connectivity index (χ3v) is 2.26. The summed E-state index contributed by atoms with van der Waals surface area (Å²) in [7, 11) is 6.09. The number of nitrogens with zero attached hydrogens (tertiary/aromatic N) is 1. The van der Waals surface area contributed by atoms with Gasteiger partial charge in [0.25, 0.3) is 0 Å². The Balaban J connectivity index is 2.61. The fourth-order valence-corrected chi connectivity index (χ4v) is 1.35. The van der Waals surface area contributed by atoms with Crippen molar-refractivity contribution in [3.05, 3.63) is 35.9 Å². The van der Waals surface area contributed by atoms with Crippen LogP contribution >= 0.6 is 0 Å². The molecule has 0 radical (unpaired) electrons. The van der Waals surface area contributed by atoms with Gasteiger partial charge in [0, 0.05) is 19.8 Å². The minimum atomic E-state index is 1.03. The van der Waals surface area contributed by atoms with E-state index < -0.39 is 0 Å². The lowest BCUT2D eigenvalue weighted by Crippen LogP contribution is -2.08. The summed E-state index contributed by atoms with van der Waals surface area (Å²) in [6.45, 7) is 1.03. The summed E-state index contributed by atoms with van der Waals surface area (Å²) >= 11 is 0. The van der Waals surface area contributed by atoms with Crippen molar-refractivity contribution in [2.45, 2.75) is 6.42 Å². The molecule has 0 saturated carbocycles. The maximum Gasteiger partial charge on any atom is 0.0367 e.